The third-order valence-corrected chi connectivity index (χ3v) is 3.85. The second-order valence-electron chi connectivity index (χ2n) is 4.12. The van der Waals surface area contributed by atoms with Crippen molar-refractivity contribution >= 4 is 39.1 Å². The van der Waals surface area contributed by atoms with Crippen LogP contribution in [-0.4, -0.2) is 5.91 Å². The normalized spacial score (nSPS) is 10.3. The Kier molecular flexibility index (Phi) is 4.62. The largest absolute Gasteiger partial charge is 0.397 e. The molecule has 6 heteroatoms. The first kappa shape index (κ1) is 14.8. The van der Waals surface area contributed by atoms with Crippen LogP contribution in [0.4, 0.5) is 10.1 Å². The van der Waals surface area contributed by atoms with Gasteiger partial charge in [-0.1, -0.05) is 33.6 Å². The number of carbonyl (C=O) groups is 1. The van der Waals surface area contributed by atoms with Gasteiger partial charge in [-0.15, -0.1) is 0 Å². The summed E-state index contributed by atoms with van der Waals surface area (Å²) in [6.07, 6.45) is 0. The molecule has 0 spiro atoms. The third-order valence-electron chi connectivity index (χ3n) is 2.74. The molecule has 0 bridgehead atoms. The fourth-order valence-corrected chi connectivity index (χ4v) is 2.25. The van der Waals surface area contributed by atoms with E-state index in [1.807, 2.05) is 0 Å². The van der Waals surface area contributed by atoms with Gasteiger partial charge in [-0.05, 0) is 35.9 Å². The maximum atomic E-state index is 13.1. The Bertz CT molecular complexity index is 664. The van der Waals surface area contributed by atoms with Crippen LogP contribution in [-0.2, 0) is 6.54 Å². The average molecular weight is 358 g/mol. The molecular weight excluding hydrogens is 347 g/mol. The van der Waals surface area contributed by atoms with Gasteiger partial charge in [0.15, 0.2) is 0 Å². The van der Waals surface area contributed by atoms with Gasteiger partial charge < -0.3 is 11.1 Å². The number of para-hydroxylation sites is 1. The zero-order valence-corrected chi connectivity index (χ0v) is 12.6. The average Bonchev–Trinajstić information content (AvgIpc) is 2.42. The van der Waals surface area contributed by atoms with Crippen molar-refractivity contribution in [2.24, 2.45) is 0 Å². The molecule has 0 unspecified atom stereocenters. The standard InChI is InChI=1S/C14H11BrClFN2O/c15-11-5-4-9(17)6-8(11)7-19-14(20)10-2-1-3-12(16)13(10)18/h1-6H,7,18H2,(H,19,20). The van der Waals surface area contributed by atoms with Crippen molar-refractivity contribution in [1.29, 1.82) is 0 Å². The van der Waals surface area contributed by atoms with Crippen molar-refractivity contribution in [2.45, 2.75) is 6.54 Å². The molecule has 0 fully saturated rings. The van der Waals surface area contributed by atoms with Gasteiger partial charge in [-0.25, -0.2) is 4.39 Å². The highest BCUT2D eigenvalue weighted by Gasteiger charge is 2.12. The number of rotatable bonds is 3. The Morgan fingerprint density at radius 3 is 2.85 bits per heavy atom. The number of amides is 1. The van der Waals surface area contributed by atoms with Crippen LogP contribution in [0.1, 0.15) is 15.9 Å². The monoisotopic (exact) mass is 356 g/mol. The second kappa shape index (κ2) is 6.24. The smallest absolute Gasteiger partial charge is 0.253 e. The van der Waals surface area contributed by atoms with Gasteiger partial charge in [0.05, 0.1) is 16.3 Å². The summed E-state index contributed by atoms with van der Waals surface area (Å²) in [4.78, 5) is 12.0. The van der Waals surface area contributed by atoms with E-state index < -0.39 is 0 Å². The van der Waals surface area contributed by atoms with E-state index in [1.54, 1.807) is 24.3 Å². The van der Waals surface area contributed by atoms with Crippen LogP contribution in [0.5, 0.6) is 0 Å². The second-order valence-corrected chi connectivity index (χ2v) is 5.38. The van der Waals surface area contributed by atoms with E-state index in [-0.39, 0.29) is 24.0 Å². The fraction of sp³-hybridized carbons (Fsp3) is 0.0714. The Balaban J connectivity index is 2.13. The van der Waals surface area contributed by atoms with Crippen molar-refractivity contribution in [3.05, 3.63) is 62.8 Å². The first-order valence-electron chi connectivity index (χ1n) is 5.75. The molecule has 0 aliphatic rings. The molecule has 0 aliphatic carbocycles. The van der Waals surface area contributed by atoms with Gasteiger partial charge in [0.2, 0.25) is 0 Å². The number of nitrogens with two attached hydrogens (primary N) is 1. The van der Waals surface area contributed by atoms with Gasteiger partial charge in [-0.2, -0.15) is 0 Å². The van der Waals surface area contributed by atoms with Crippen molar-refractivity contribution in [3.8, 4) is 0 Å². The molecule has 0 heterocycles. The third kappa shape index (κ3) is 3.29. The summed E-state index contributed by atoms with van der Waals surface area (Å²) in [5.74, 6) is -0.721. The summed E-state index contributed by atoms with van der Waals surface area (Å²) in [6.45, 7) is 0.184. The molecule has 0 aromatic heterocycles. The van der Waals surface area contributed by atoms with Crippen LogP contribution >= 0.6 is 27.5 Å². The molecule has 0 saturated heterocycles. The van der Waals surface area contributed by atoms with Gasteiger partial charge >= 0.3 is 0 Å². The lowest BCUT2D eigenvalue weighted by molar-refractivity contribution is 0.0951. The Hall–Kier alpha value is -1.59. The van der Waals surface area contributed by atoms with Crippen molar-refractivity contribution in [2.75, 3.05) is 5.73 Å². The summed E-state index contributed by atoms with van der Waals surface area (Å²) in [5.41, 5.74) is 6.91. The highest BCUT2D eigenvalue weighted by atomic mass is 79.9. The highest BCUT2D eigenvalue weighted by Crippen LogP contribution is 2.22. The minimum Gasteiger partial charge on any atom is -0.397 e. The topological polar surface area (TPSA) is 55.1 Å². The summed E-state index contributed by atoms with van der Waals surface area (Å²) in [7, 11) is 0. The lowest BCUT2D eigenvalue weighted by atomic mass is 10.1. The van der Waals surface area contributed by atoms with E-state index in [1.165, 1.54) is 12.1 Å². The number of hydrogen-bond acceptors (Lipinski definition) is 2. The lowest BCUT2D eigenvalue weighted by Gasteiger charge is -2.09. The summed E-state index contributed by atoms with van der Waals surface area (Å²) < 4.78 is 13.9. The molecule has 0 aliphatic heterocycles. The minimum absolute atomic E-state index is 0.184. The quantitative estimate of drug-likeness (QED) is 0.822. The Labute approximate surface area is 129 Å². The van der Waals surface area contributed by atoms with E-state index in [4.69, 9.17) is 17.3 Å². The van der Waals surface area contributed by atoms with E-state index >= 15 is 0 Å². The molecule has 20 heavy (non-hydrogen) atoms. The summed E-state index contributed by atoms with van der Waals surface area (Å²) >= 11 is 9.16. The summed E-state index contributed by atoms with van der Waals surface area (Å²) in [6, 6.07) is 9.11. The molecular formula is C14H11BrClFN2O. The number of anilines is 1. The number of carbonyl (C=O) groups excluding carboxylic acids is 1. The van der Waals surface area contributed by atoms with Crippen molar-refractivity contribution in [3.63, 3.8) is 0 Å². The Morgan fingerprint density at radius 1 is 1.35 bits per heavy atom. The number of nitrogen functional groups attached to an aromatic ring is 1. The first-order valence-corrected chi connectivity index (χ1v) is 6.92. The van der Waals surface area contributed by atoms with Crippen molar-refractivity contribution < 1.29 is 9.18 Å². The maximum Gasteiger partial charge on any atom is 0.253 e. The minimum atomic E-state index is -0.361. The van der Waals surface area contributed by atoms with Gasteiger partial charge in [0, 0.05) is 11.0 Å². The van der Waals surface area contributed by atoms with Crippen LogP contribution in [0.15, 0.2) is 40.9 Å². The van der Waals surface area contributed by atoms with E-state index in [9.17, 15) is 9.18 Å². The zero-order valence-electron chi connectivity index (χ0n) is 10.3. The lowest BCUT2D eigenvalue weighted by Crippen LogP contribution is -2.24. The fourth-order valence-electron chi connectivity index (χ4n) is 1.68. The zero-order chi connectivity index (χ0) is 14.7. The molecule has 0 atom stereocenters. The van der Waals surface area contributed by atoms with Crippen LogP contribution in [0.25, 0.3) is 0 Å². The molecule has 0 radical (unpaired) electrons. The summed E-state index contributed by atoms with van der Waals surface area (Å²) in [5, 5.41) is 3.00. The van der Waals surface area contributed by atoms with Crippen molar-refractivity contribution in [1.82, 2.24) is 5.32 Å². The molecule has 1 amide bonds. The molecule has 0 saturated carbocycles. The first-order chi connectivity index (χ1) is 9.49. The molecule has 3 N–H and O–H groups in total. The number of benzene rings is 2. The maximum absolute atomic E-state index is 13.1. The van der Waals surface area contributed by atoms with Gasteiger partial charge in [0.25, 0.3) is 5.91 Å². The van der Waals surface area contributed by atoms with Gasteiger partial charge in [0.1, 0.15) is 5.82 Å². The van der Waals surface area contributed by atoms with Crippen LogP contribution in [0.2, 0.25) is 5.02 Å². The van der Waals surface area contributed by atoms with Crippen LogP contribution in [0, 0.1) is 5.82 Å². The number of halogens is 3. The molecule has 3 nitrogen and oxygen atoms in total. The highest BCUT2D eigenvalue weighted by molar-refractivity contribution is 9.10. The molecule has 2 aromatic rings. The van der Waals surface area contributed by atoms with E-state index in [2.05, 4.69) is 21.2 Å². The van der Waals surface area contributed by atoms with E-state index in [0.717, 1.165) is 4.47 Å². The Morgan fingerprint density at radius 2 is 2.10 bits per heavy atom. The van der Waals surface area contributed by atoms with Crippen LogP contribution in [0.3, 0.4) is 0 Å². The number of hydrogen-bond donors (Lipinski definition) is 2. The predicted octanol–water partition coefficient (Wildman–Crippen LogP) is 3.75. The van der Waals surface area contributed by atoms with Gasteiger partial charge in [-0.3, -0.25) is 4.79 Å². The molecule has 2 rings (SSSR count). The van der Waals surface area contributed by atoms with E-state index in [0.29, 0.717) is 16.1 Å². The SMILES string of the molecule is Nc1c(Cl)cccc1C(=O)NCc1cc(F)ccc1Br. The predicted molar refractivity (Wildman–Crippen MR) is 81.1 cm³/mol. The molecule has 2 aromatic carbocycles. The molecule has 104 valence electrons. The van der Waals surface area contributed by atoms with Crippen LogP contribution < -0.4 is 11.1 Å². The number of nitrogens with one attached hydrogen (secondary N) is 1.